The molecule has 0 atom stereocenters. The van der Waals surface area contributed by atoms with Gasteiger partial charge in [0.25, 0.3) is 0 Å². The lowest BCUT2D eigenvalue weighted by Crippen LogP contribution is -2.48. The molecule has 11 heteroatoms. The molecule has 1 aromatic heterocycles. The molecule has 2 aromatic carbocycles. The summed E-state index contributed by atoms with van der Waals surface area (Å²) in [6.45, 7) is 6.72. The number of halogens is 3. The van der Waals surface area contributed by atoms with E-state index in [0.717, 1.165) is 17.7 Å². The van der Waals surface area contributed by atoms with Crippen molar-refractivity contribution in [2.75, 3.05) is 19.7 Å². The number of alkyl halides is 3. The molecule has 0 saturated carbocycles. The zero-order valence-corrected chi connectivity index (χ0v) is 22.0. The van der Waals surface area contributed by atoms with Crippen LogP contribution in [-0.4, -0.2) is 56.5 Å². The highest BCUT2D eigenvalue weighted by Crippen LogP contribution is 2.37. The number of hydrogen-bond donors (Lipinski definition) is 0. The van der Waals surface area contributed by atoms with Crippen LogP contribution < -0.4 is 0 Å². The number of tetrazole rings is 1. The molecule has 1 aliphatic rings. The normalized spacial score (nSPS) is 15.9. The van der Waals surface area contributed by atoms with Crippen LogP contribution in [0.15, 0.2) is 48.5 Å². The van der Waals surface area contributed by atoms with Crippen molar-refractivity contribution in [2.24, 2.45) is 7.05 Å². The van der Waals surface area contributed by atoms with Gasteiger partial charge >= 0.3 is 12.3 Å². The molecular weight excluding hydrogens is 499 g/mol. The Kier molecular flexibility index (Phi) is 7.78. The second-order valence-corrected chi connectivity index (χ2v) is 10.6. The summed E-state index contributed by atoms with van der Waals surface area (Å²) < 4.78 is 52.5. The number of aryl methyl sites for hydroxylation is 1. The highest BCUT2D eigenvalue weighted by Gasteiger charge is 2.39. The highest BCUT2D eigenvalue weighted by molar-refractivity contribution is 5.68. The van der Waals surface area contributed by atoms with Crippen LogP contribution in [0.5, 0.6) is 0 Å². The van der Waals surface area contributed by atoms with Gasteiger partial charge in [0.15, 0.2) is 0 Å². The molecule has 0 radical (unpaired) electrons. The Morgan fingerprint density at radius 3 is 2.32 bits per heavy atom. The van der Waals surface area contributed by atoms with Gasteiger partial charge in [0, 0.05) is 24.1 Å². The third-order valence-electron chi connectivity index (χ3n) is 6.49. The lowest BCUT2D eigenvalue weighted by atomic mass is 9.73. The Labute approximate surface area is 219 Å². The minimum atomic E-state index is -4.53. The van der Waals surface area contributed by atoms with E-state index in [-0.39, 0.29) is 30.7 Å². The minimum Gasteiger partial charge on any atom is -0.444 e. The number of amides is 1. The predicted molar refractivity (Wildman–Crippen MR) is 134 cm³/mol. The van der Waals surface area contributed by atoms with E-state index in [2.05, 4.69) is 15.4 Å². The summed E-state index contributed by atoms with van der Waals surface area (Å²) in [5.41, 5.74) is -0.135. The molecule has 8 nitrogen and oxygen atoms in total. The summed E-state index contributed by atoms with van der Waals surface area (Å²) in [6.07, 6.45) is -3.62. The van der Waals surface area contributed by atoms with Gasteiger partial charge in [0.1, 0.15) is 5.60 Å². The van der Waals surface area contributed by atoms with E-state index in [1.54, 1.807) is 18.0 Å². The molecule has 0 unspecified atom stereocenters. The zero-order chi connectivity index (χ0) is 27.6. The Hall–Kier alpha value is -3.47. The summed E-state index contributed by atoms with van der Waals surface area (Å²) >= 11 is 0. The molecule has 4 rings (SSSR count). The number of hydrogen-bond acceptors (Lipinski definition) is 6. The third-order valence-corrected chi connectivity index (χ3v) is 6.49. The van der Waals surface area contributed by atoms with E-state index in [0.29, 0.717) is 31.5 Å². The smallest absolute Gasteiger partial charge is 0.416 e. The van der Waals surface area contributed by atoms with E-state index in [9.17, 15) is 18.0 Å². The Bertz CT molecular complexity index is 1250. The molecule has 0 bridgehead atoms. The molecule has 2 heterocycles. The number of aromatic nitrogens is 4. The number of benzene rings is 2. The van der Waals surface area contributed by atoms with Crippen molar-refractivity contribution in [3.63, 3.8) is 0 Å². The van der Waals surface area contributed by atoms with Gasteiger partial charge in [-0.05, 0) is 68.2 Å². The highest BCUT2D eigenvalue weighted by atomic mass is 19.4. The summed E-state index contributed by atoms with van der Waals surface area (Å²) in [5, 5.41) is 11.6. The fourth-order valence-electron chi connectivity index (χ4n) is 4.58. The third kappa shape index (κ3) is 6.69. The second-order valence-electron chi connectivity index (χ2n) is 10.6. The van der Waals surface area contributed by atoms with Gasteiger partial charge < -0.3 is 14.4 Å². The largest absolute Gasteiger partial charge is 0.444 e. The Morgan fingerprint density at radius 2 is 1.74 bits per heavy atom. The van der Waals surface area contributed by atoms with E-state index in [4.69, 9.17) is 9.47 Å². The van der Waals surface area contributed by atoms with Gasteiger partial charge in [-0.3, -0.25) is 0 Å². The molecule has 38 heavy (non-hydrogen) atoms. The molecule has 1 amide bonds. The first-order valence-corrected chi connectivity index (χ1v) is 12.4. The van der Waals surface area contributed by atoms with Crippen molar-refractivity contribution in [1.82, 2.24) is 25.1 Å². The fourth-order valence-corrected chi connectivity index (χ4v) is 4.58. The van der Waals surface area contributed by atoms with Crippen LogP contribution in [0, 0.1) is 0 Å². The molecule has 0 N–H and O–H groups in total. The maximum Gasteiger partial charge on any atom is 0.416 e. The van der Waals surface area contributed by atoms with Crippen LogP contribution >= 0.6 is 0 Å². The Balaban J connectivity index is 1.51. The SMILES string of the molecule is Cn1nnc(-c2cc(COCC3(c4ccccc4)CCN(C(=O)OC(C)(C)C)CC3)cc(C(F)(F)F)c2)n1. The van der Waals surface area contributed by atoms with E-state index in [1.165, 1.54) is 4.80 Å². The van der Waals surface area contributed by atoms with Crippen molar-refractivity contribution in [1.29, 1.82) is 0 Å². The summed E-state index contributed by atoms with van der Waals surface area (Å²) in [5.74, 6) is 0.107. The van der Waals surface area contributed by atoms with Crippen LogP contribution in [0.3, 0.4) is 0 Å². The van der Waals surface area contributed by atoms with E-state index < -0.39 is 22.8 Å². The van der Waals surface area contributed by atoms with Crippen molar-refractivity contribution in [3.05, 3.63) is 65.2 Å². The predicted octanol–water partition coefficient (Wildman–Crippen LogP) is 5.38. The minimum absolute atomic E-state index is 0.0262. The van der Waals surface area contributed by atoms with Crippen molar-refractivity contribution in [3.8, 4) is 11.4 Å². The number of carbonyl (C=O) groups is 1. The molecule has 0 spiro atoms. The van der Waals surface area contributed by atoms with Gasteiger partial charge in [-0.1, -0.05) is 30.3 Å². The molecule has 3 aromatic rings. The number of piperidine rings is 1. The van der Waals surface area contributed by atoms with Crippen LogP contribution in [-0.2, 0) is 34.7 Å². The van der Waals surface area contributed by atoms with E-state index in [1.807, 2.05) is 51.1 Å². The first-order valence-electron chi connectivity index (χ1n) is 12.4. The van der Waals surface area contributed by atoms with Gasteiger partial charge in [-0.25, -0.2) is 4.79 Å². The maximum atomic E-state index is 13.6. The Morgan fingerprint density at radius 1 is 1.05 bits per heavy atom. The number of carbonyl (C=O) groups excluding carboxylic acids is 1. The van der Waals surface area contributed by atoms with Crippen LogP contribution in [0.1, 0.15) is 50.3 Å². The lowest BCUT2D eigenvalue weighted by Gasteiger charge is -2.42. The van der Waals surface area contributed by atoms with Crippen molar-refractivity contribution in [2.45, 2.75) is 57.4 Å². The molecular formula is C27H32F3N5O3. The molecule has 0 aliphatic carbocycles. The number of rotatable bonds is 6. The summed E-state index contributed by atoms with van der Waals surface area (Å²) in [4.78, 5) is 15.5. The average Bonchev–Trinajstić information content (AvgIpc) is 3.29. The van der Waals surface area contributed by atoms with Gasteiger partial charge in [-0.2, -0.15) is 18.0 Å². The monoisotopic (exact) mass is 531 g/mol. The van der Waals surface area contributed by atoms with Crippen molar-refractivity contribution >= 4 is 6.09 Å². The van der Waals surface area contributed by atoms with Crippen LogP contribution in [0.2, 0.25) is 0 Å². The summed E-state index contributed by atoms with van der Waals surface area (Å²) in [7, 11) is 1.55. The standard InChI is InChI=1S/C27H32F3N5O3/c1-25(2,3)38-24(36)35-12-10-26(11-13-35,21-8-6-5-7-9-21)18-37-17-19-14-20(23-31-33-34(4)32-23)16-22(15-19)27(28,29)30/h5-9,14-16H,10-13,17-18H2,1-4H3. The first-order chi connectivity index (χ1) is 17.8. The van der Waals surface area contributed by atoms with Crippen LogP contribution in [0.4, 0.5) is 18.0 Å². The molecule has 1 saturated heterocycles. The fraction of sp³-hybridized carbons (Fsp3) is 0.481. The number of likely N-dealkylation sites (tertiary alicyclic amines) is 1. The first kappa shape index (κ1) is 27.6. The maximum absolute atomic E-state index is 13.6. The molecule has 1 aliphatic heterocycles. The molecule has 1 fully saturated rings. The van der Waals surface area contributed by atoms with Gasteiger partial charge in [-0.15, -0.1) is 10.2 Å². The zero-order valence-electron chi connectivity index (χ0n) is 22.0. The molecule has 204 valence electrons. The van der Waals surface area contributed by atoms with Gasteiger partial charge in [0.2, 0.25) is 5.82 Å². The summed E-state index contributed by atoms with van der Waals surface area (Å²) in [6, 6.07) is 13.6. The lowest BCUT2D eigenvalue weighted by molar-refractivity contribution is -0.137. The quantitative estimate of drug-likeness (QED) is 0.425. The number of nitrogens with zero attached hydrogens (tertiary/aromatic N) is 5. The topological polar surface area (TPSA) is 82.4 Å². The average molecular weight is 532 g/mol. The van der Waals surface area contributed by atoms with Crippen LogP contribution in [0.25, 0.3) is 11.4 Å². The second kappa shape index (κ2) is 10.7. The van der Waals surface area contributed by atoms with E-state index >= 15 is 0 Å². The number of ether oxygens (including phenoxy) is 2. The van der Waals surface area contributed by atoms with Crippen molar-refractivity contribution < 1.29 is 27.4 Å². The van der Waals surface area contributed by atoms with Gasteiger partial charge in [0.05, 0.1) is 25.8 Å².